The van der Waals surface area contributed by atoms with Gasteiger partial charge < -0.3 is 15.6 Å². The van der Waals surface area contributed by atoms with Crippen molar-refractivity contribution in [3.8, 4) is 12.3 Å². The van der Waals surface area contributed by atoms with Gasteiger partial charge in [-0.15, -0.1) is 6.42 Å². The lowest BCUT2D eigenvalue weighted by Crippen LogP contribution is -2.38. The maximum Gasteiger partial charge on any atom is 0.298 e. The van der Waals surface area contributed by atoms with Gasteiger partial charge in [0, 0.05) is 6.54 Å². The minimum absolute atomic E-state index is 0.199. The summed E-state index contributed by atoms with van der Waals surface area (Å²) in [6.07, 6.45) is 9.22. The number of aromatic nitrogens is 2. The van der Waals surface area contributed by atoms with Gasteiger partial charge in [-0.2, -0.15) is 0 Å². The van der Waals surface area contributed by atoms with Crippen LogP contribution in [-0.4, -0.2) is 33.2 Å². The van der Waals surface area contributed by atoms with E-state index in [9.17, 15) is 9.59 Å². The lowest BCUT2D eigenvalue weighted by Gasteiger charge is -2.33. The molecule has 1 fully saturated rings. The first-order valence-corrected chi connectivity index (χ1v) is 5.75. The molecule has 0 aliphatic carbocycles. The van der Waals surface area contributed by atoms with Crippen LogP contribution in [0.15, 0.2) is 6.20 Å². The van der Waals surface area contributed by atoms with Gasteiger partial charge in [-0.3, -0.25) is 9.59 Å². The van der Waals surface area contributed by atoms with E-state index < -0.39 is 5.91 Å². The fraction of sp³-hybridized carbons (Fsp3) is 0.417. The molecular formula is C12H14N4O2. The SMILES string of the molecule is C#CC(=O)N1CCCCC1c1ncc(C(N)=O)[nH]1. The number of nitrogens with zero attached hydrogens (tertiary/aromatic N) is 2. The van der Waals surface area contributed by atoms with Crippen molar-refractivity contribution in [2.45, 2.75) is 25.3 Å². The lowest BCUT2D eigenvalue weighted by atomic mass is 10.0. The number of aromatic amines is 1. The maximum atomic E-state index is 11.6. The quantitative estimate of drug-likeness (QED) is 0.730. The molecule has 1 atom stereocenters. The van der Waals surface area contributed by atoms with Gasteiger partial charge in [0.05, 0.1) is 12.2 Å². The van der Waals surface area contributed by atoms with E-state index in [1.165, 1.54) is 6.20 Å². The number of carbonyl (C=O) groups excluding carboxylic acids is 2. The molecule has 3 N–H and O–H groups in total. The molecule has 1 aliphatic rings. The second kappa shape index (κ2) is 4.92. The number of primary amides is 1. The van der Waals surface area contributed by atoms with Crippen LogP contribution in [0.3, 0.4) is 0 Å². The van der Waals surface area contributed by atoms with Crippen LogP contribution in [-0.2, 0) is 4.79 Å². The Balaban J connectivity index is 2.25. The van der Waals surface area contributed by atoms with Crippen molar-refractivity contribution in [2.75, 3.05) is 6.54 Å². The summed E-state index contributed by atoms with van der Waals surface area (Å²) in [6.45, 7) is 0.611. The highest BCUT2D eigenvalue weighted by Gasteiger charge is 2.29. The molecule has 6 nitrogen and oxygen atoms in total. The molecule has 6 heteroatoms. The third kappa shape index (κ3) is 2.20. The number of likely N-dealkylation sites (tertiary alicyclic amines) is 1. The molecule has 94 valence electrons. The summed E-state index contributed by atoms with van der Waals surface area (Å²) in [6, 6.07) is -0.199. The molecule has 0 saturated carbocycles. The van der Waals surface area contributed by atoms with Crippen molar-refractivity contribution in [2.24, 2.45) is 5.73 Å². The number of terminal acetylenes is 1. The Morgan fingerprint density at radius 2 is 2.33 bits per heavy atom. The minimum atomic E-state index is -0.570. The summed E-state index contributed by atoms with van der Waals surface area (Å²) >= 11 is 0. The molecule has 1 saturated heterocycles. The van der Waals surface area contributed by atoms with Crippen LogP contribution in [0.5, 0.6) is 0 Å². The van der Waals surface area contributed by atoms with Crippen molar-refractivity contribution in [3.05, 3.63) is 17.7 Å². The summed E-state index contributed by atoms with van der Waals surface area (Å²) in [4.78, 5) is 31.2. The van der Waals surface area contributed by atoms with Gasteiger partial charge in [-0.25, -0.2) is 4.98 Å². The fourth-order valence-electron chi connectivity index (χ4n) is 2.17. The molecular weight excluding hydrogens is 232 g/mol. The number of carbonyl (C=O) groups is 2. The summed E-state index contributed by atoms with van der Waals surface area (Å²) in [5, 5.41) is 0. The Bertz CT molecular complexity index is 514. The number of nitrogens with one attached hydrogen (secondary N) is 1. The van der Waals surface area contributed by atoms with Crippen molar-refractivity contribution < 1.29 is 9.59 Å². The Hall–Kier alpha value is -2.29. The average molecular weight is 246 g/mol. The molecule has 0 aromatic carbocycles. The first-order chi connectivity index (χ1) is 8.63. The highest BCUT2D eigenvalue weighted by atomic mass is 16.2. The third-order valence-corrected chi connectivity index (χ3v) is 3.06. The number of H-pyrrole nitrogens is 1. The van der Waals surface area contributed by atoms with E-state index in [-0.39, 0.29) is 17.6 Å². The minimum Gasteiger partial charge on any atom is -0.364 e. The lowest BCUT2D eigenvalue weighted by molar-refractivity contribution is -0.128. The number of hydrogen-bond acceptors (Lipinski definition) is 3. The van der Waals surface area contributed by atoms with Crippen LogP contribution in [0.25, 0.3) is 0 Å². The van der Waals surface area contributed by atoms with Gasteiger partial charge in [-0.05, 0) is 25.2 Å². The van der Waals surface area contributed by atoms with Crippen LogP contribution >= 0.6 is 0 Å². The van der Waals surface area contributed by atoms with Gasteiger partial charge in [0.1, 0.15) is 11.5 Å². The fourth-order valence-corrected chi connectivity index (χ4v) is 2.17. The summed E-state index contributed by atoms with van der Waals surface area (Å²) in [5.41, 5.74) is 5.39. The third-order valence-electron chi connectivity index (χ3n) is 3.06. The van der Waals surface area contributed by atoms with Crippen LogP contribution in [0, 0.1) is 12.3 Å². The van der Waals surface area contributed by atoms with Gasteiger partial charge in [0.25, 0.3) is 11.8 Å². The van der Waals surface area contributed by atoms with E-state index in [1.807, 2.05) is 0 Å². The first kappa shape index (κ1) is 12.2. The Labute approximate surface area is 105 Å². The monoisotopic (exact) mass is 246 g/mol. The maximum absolute atomic E-state index is 11.6. The predicted octanol–water partition coefficient (Wildman–Crippen LogP) is 0.195. The molecule has 1 aromatic rings. The molecule has 1 unspecified atom stereocenters. The van der Waals surface area contributed by atoms with Crippen LogP contribution in [0.4, 0.5) is 0 Å². The van der Waals surface area contributed by atoms with Crippen molar-refractivity contribution in [1.29, 1.82) is 0 Å². The molecule has 1 aliphatic heterocycles. The number of imidazole rings is 1. The molecule has 18 heavy (non-hydrogen) atoms. The number of nitrogens with two attached hydrogens (primary N) is 1. The zero-order valence-electron chi connectivity index (χ0n) is 9.85. The van der Waals surface area contributed by atoms with Crippen LogP contribution in [0.2, 0.25) is 0 Å². The predicted molar refractivity (Wildman–Crippen MR) is 64.2 cm³/mol. The number of rotatable bonds is 2. The van der Waals surface area contributed by atoms with Crippen molar-refractivity contribution in [3.63, 3.8) is 0 Å². The highest BCUT2D eigenvalue weighted by Crippen LogP contribution is 2.28. The van der Waals surface area contributed by atoms with Gasteiger partial charge >= 0.3 is 0 Å². The summed E-state index contributed by atoms with van der Waals surface area (Å²) in [7, 11) is 0. The zero-order chi connectivity index (χ0) is 13.1. The van der Waals surface area contributed by atoms with E-state index >= 15 is 0 Å². The molecule has 1 aromatic heterocycles. The van der Waals surface area contributed by atoms with Crippen LogP contribution < -0.4 is 5.73 Å². The smallest absolute Gasteiger partial charge is 0.298 e. The summed E-state index contributed by atoms with van der Waals surface area (Å²) < 4.78 is 0. The molecule has 0 bridgehead atoms. The Kier molecular flexibility index (Phi) is 3.33. The molecule has 0 radical (unpaired) electrons. The number of amides is 2. The Morgan fingerprint density at radius 3 is 2.94 bits per heavy atom. The second-order valence-corrected chi connectivity index (χ2v) is 4.20. The number of piperidine rings is 1. The van der Waals surface area contributed by atoms with E-state index in [0.717, 1.165) is 19.3 Å². The molecule has 2 rings (SSSR count). The Morgan fingerprint density at radius 1 is 1.56 bits per heavy atom. The van der Waals surface area contributed by atoms with E-state index in [1.54, 1.807) is 4.90 Å². The zero-order valence-corrected chi connectivity index (χ0v) is 9.85. The number of hydrogen-bond donors (Lipinski definition) is 2. The van der Waals surface area contributed by atoms with E-state index in [2.05, 4.69) is 15.9 Å². The molecule has 0 spiro atoms. The molecule has 2 amide bonds. The normalized spacial score (nSPS) is 19.3. The summed E-state index contributed by atoms with van der Waals surface area (Å²) in [5.74, 6) is 1.76. The standard InChI is InChI=1S/C12H14N4O2/c1-2-10(17)16-6-4-3-5-9(16)12-14-7-8(15-12)11(13)18/h1,7,9H,3-6H2,(H2,13,18)(H,14,15). The van der Waals surface area contributed by atoms with Gasteiger partial charge in [-0.1, -0.05) is 0 Å². The van der Waals surface area contributed by atoms with Gasteiger partial charge in [0.15, 0.2) is 0 Å². The van der Waals surface area contributed by atoms with E-state index in [0.29, 0.717) is 12.4 Å². The largest absolute Gasteiger partial charge is 0.364 e. The topological polar surface area (TPSA) is 92.1 Å². The van der Waals surface area contributed by atoms with Gasteiger partial charge in [0.2, 0.25) is 0 Å². The van der Waals surface area contributed by atoms with Crippen molar-refractivity contribution in [1.82, 2.24) is 14.9 Å². The van der Waals surface area contributed by atoms with Crippen LogP contribution in [0.1, 0.15) is 41.6 Å². The first-order valence-electron chi connectivity index (χ1n) is 5.75. The second-order valence-electron chi connectivity index (χ2n) is 4.20. The average Bonchev–Trinajstić information content (AvgIpc) is 2.87. The molecule has 2 heterocycles. The van der Waals surface area contributed by atoms with E-state index in [4.69, 9.17) is 12.2 Å². The van der Waals surface area contributed by atoms with Crippen molar-refractivity contribution >= 4 is 11.8 Å². The highest BCUT2D eigenvalue weighted by molar-refractivity contribution is 5.93.